The fourth-order valence-corrected chi connectivity index (χ4v) is 2.25. The fourth-order valence-electron chi connectivity index (χ4n) is 1.45. The number of aliphatic hydroxyl groups excluding tert-OH is 1. The van der Waals surface area contributed by atoms with Crippen molar-refractivity contribution in [2.75, 3.05) is 5.73 Å². The molecule has 5 heteroatoms. The summed E-state index contributed by atoms with van der Waals surface area (Å²) in [6.07, 6.45) is 0.893. The zero-order valence-electron chi connectivity index (χ0n) is 9.14. The summed E-state index contributed by atoms with van der Waals surface area (Å²) in [5.41, 5.74) is 8.23. The Morgan fingerprint density at radius 3 is 2.81 bits per heavy atom. The number of pyridine rings is 1. The number of aryl methyl sites for hydroxylation is 2. The van der Waals surface area contributed by atoms with Crippen molar-refractivity contribution in [2.45, 2.75) is 20.0 Å². The van der Waals surface area contributed by atoms with Crippen LogP contribution in [0, 0.1) is 13.8 Å². The molecule has 2 aromatic heterocycles. The Bertz CT molecular complexity index is 510. The van der Waals surface area contributed by atoms with Crippen molar-refractivity contribution in [3.05, 3.63) is 39.5 Å². The third kappa shape index (κ3) is 2.05. The molecule has 3 N–H and O–H groups in total. The molecule has 0 fully saturated rings. The minimum atomic E-state index is -0.786. The molecule has 0 spiro atoms. The lowest BCUT2D eigenvalue weighted by molar-refractivity contribution is 0.220. The van der Waals surface area contributed by atoms with Gasteiger partial charge in [0.25, 0.3) is 0 Å². The maximum Gasteiger partial charge on any atom is 0.134 e. The van der Waals surface area contributed by atoms with Crippen LogP contribution in [0.4, 0.5) is 5.82 Å². The van der Waals surface area contributed by atoms with Gasteiger partial charge >= 0.3 is 0 Å². The van der Waals surface area contributed by atoms with E-state index >= 15 is 0 Å². The van der Waals surface area contributed by atoms with E-state index in [1.165, 1.54) is 11.3 Å². The predicted octanol–water partition coefficient (Wildman–Crippen LogP) is 1.82. The summed E-state index contributed by atoms with van der Waals surface area (Å²) in [4.78, 5) is 8.27. The molecule has 0 aliphatic carbocycles. The molecule has 2 heterocycles. The maximum absolute atomic E-state index is 10.1. The van der Waals surface area contributed by atoms with E-state index in [-0.39, 0.29) is 0 Å². The largest absolute Gasteiger partial charge is 0.383 e. The van der Waals surface area contributed by atoms with Crippen LogP contribution in [0.1, 0.15) is 27.9 Å². The highest BCUT2D eigenvalue weighted by Gasteiger charge is 2.17. The minimum Gasteiger partial charge on any atom is -0.383 e. The van der Waals surface area contributed by atoms with E-state index in [0.717, 1.165) is 11.3 Å². The van der Waals surface area contributed by atoms with Gasteiger partial charge in [0.2, 0.25) is 0 Å². The molecule has 16 heavy (non-hydrogen) atoms. The quantitative estimate of drug-likeness (QED) is 0.832. The van der Waals surface area contributed by atoms with Crippen molar-refractivity contribution >= 4 is 17.2 Å². The Labute approximate surface area is 97.8 Å². The smallest absolute Gasteiger partial charge is 0.134 e. The highest BCUT2D eigenvalue weighted by molar-refractivity contribution is 7.09. The number of rotatable bonds is 2. The predicted molar refractivity (Wildman–Crippen MR) is 64.3 cm³/mol. The molecule has 0 bridgehead atoms. The molecule has 0 aliphatic rings. The average molecular weight is 235 g/mol. The molecule has 4 nitrogen and oxygen atoms in total. The van der Waals surface area contributed by atoms with E-state index in [9.17, 15) is 5.11 Å². The van der Waals surface area contributed by atoms with Gasteiger partial charge in [-0.05, 0) is 25.5 Å². The maximum atomic E-state index is 10.1. The lowest BCUT2D eigenvalue weighted by Gasteiger charge is -2.10. The first-order valence-corrected chi connectivity index (χ1v) is 5.78. The summed E-state index contributed by atoms with van der Waals surface area (Å²) < 4.78 is 0. The summed E-state index contributed by atoms with van der Waals surface area (Å²) in [5.74, 6) is 0.353. The van der Waals surface area contributed by atoms with Crippen LogP contribution in [-0.2, 0) is 0 Å². The van der Waals surface area contributed by atoms with E-state index in [4.69, 9.17) is 5.73 Å². The second-order valence-electron chi connectivity index (χ2n) is 3.72. The van der Waals surface area contributed by atoms with Gasteiger partial charge in [0.05, 0.1) is 0 Å². The van der Waals surface area contributed by atoms with Gasteiger partial charge in [-0.25, -0.2) is 9.97 Å². The van der Waals surface area contributed by atoms with Crippen LogP contribution < -0.4 is 5.73 Å². The summed E-state index contributed by atoms with van der Waals surface area (Å²) in [6.45, 7) is 3.81. The Hall–Kier alpha value is -1.46. The van der Waals surface area contributed by atoms with Crippen LogP contribution in [0.5, 0.6) is 0 Å². The van der Waals surface area contributed by atoms with E-state index in [1.54, 1.807) is 6.20 Å². The normalized spacial score (nSPS) is 12.7. The van der Waals surface area contributed by atoms with Crippen LogP contribution >= 0.6 is 11.3 Å². The molecule has 0 aromatic carbocycles. The zero-order valence-corrected chi connectivity index (χ0v) is 9.95. The Morgan fingerprint density at radius 1 is 1.44 bits per heavy atom. The first-order valence-electron chi connectivity index (χ1n) is 4.90. The number of aliphatic hydroxyl groups is 1. The Balaban J connectivity index is 2.40. The van der Waals surface area contributed by atoms with Gasteiger partial charge in [-0.1, -0.05) is 0 Å². The van der Waals surface area contributed by atoms with E-state index in [0.29, 0.717) is 16.4 Å². The molecule has 2 aromatic rings. The number of hydrogen-bond acceptors (Lipinski definition) is 5. The van der Waals surface area contributed by atoms with Gasteiger partial charge in [0.1, 0.15) is 16.9 Å². The monoisotopic (exact) mass is 235 g/mol. The number of nitrogens with two attached hydrogens (primary N) is 1. The van der Waals surface area contributed by atoms with Crippen molar-refractivity contribution in [3.8, 4) is 0 Å². The lowest BCUT2D eigenvalue weighted by atomic mass is 10.1. The average Bonchev–Trinajstić information content (AvgIpc) is 2.67. The van der Waals surface area contributed by atoms with Crippen LogP contribution in [0.25, 0.3) is 0 Å². The van der Waals surface area contributed by atoms with Crippen LogP contribution in [-0.4, -0.2) is 15.1 Å². The first kappa shape index (κ1) is 11.0. The molecule has 1 atom stereocenters. The van der Waals surface area contributed by atoms with E-state index < -0.39 is 6.10 Å². The molecule has 1 unspecified atom stereocenters. The molecule has 2 rings (SSSR count). The molecular weight excluding hydrogens is 222 g/mol. The van der Waals surface area contributed by atoms with Gasteiger partial charge < -0.3 is 10.8 Å². The topological polar surface area (TPSA) is 72.0 Å². The van der Waals surface area contributed by atoms with Crippen LogP contribution in [0.15, 0.2) is 17.6 Å². The summed E-state index contributed by atoms with van der Waals surface area (Å²) in [7, 11) is 0. The van der Waals surface area contributed by atoms with Gasteiger partial charge in [0.15, 0.2) is 0 Å². The van der Waals surface area contributed by atoms with Crippen molar-refractivity contribution in [3.63, 3.8) is 0 Å². The van der Waals surface area contributed by atoms with E-state index in [1.807, 2.05) is 25.3 Å². The van der Waals surface area contributed by atoms with Crippen molar-refractivity contribution < 1.29 is 5.11 Å². The van der Waals surface area contributed by atoms with Gasteiger partial charge in [-0.15, -0.1) is 11.3 Å². The number of anilines is 1. The van der Waals surface area contributed by atoms with Gasteiger partial charge in [0, 0.05) is 22.8 Å². The molecule has 0 saturated carbocycles. The zero-order chi connectivity index (χ0) is 11.7. The van der Waals surface area contributed by atoms with E-state index in [2.05, 4.69) is 9.97 Å². The van der Waals surface area contributed by atoms with Crippen LogP contribution in [0.2, 0.25) is 0 Å². The lowest BCUT2D eigenvalue weighted by Crippen LogP contribution is -2.05. The number of hydrogen-bond donors (Lipinski definition) is 2. The highest BCUT2D eigenvalue weighted by Crippen LogP contribution is 2.28. The van der Waals surface area contributed by atoms with Crippen molar-refractivity contribution in [2.24, 2.45) is 0 Å². The fraction of sp³-hybridized carbons (Fsp3) is 0.273. The first-order chi connectivity index (χ1) is 7.58. The standard InChI is InChI=1S/C11H13N3OS/c1-6-3-8(10(12)13-4-6)9(15)11-14-7(2)5-16-11/h3-5,9,15H,1-2H3,(H2,12,13). The number of nitrogens with zero attached hydrogens (tertiary/aromatic N) is 2. The number of thiazole rings is 1. The second-order valence-corrected chi connectivity index (χ2v) is 4.61. The number of aromatic nitrogens is 2. The second kappa shape index (κ2) is 4.19. The Kier molecular flexibility index (Phi) is 2.89. The molecule has 0 saturated heterocycles. The summed E-state index contributed by atoms with van der Waals surface area (Å²) in [5, 5.41) is 12.7. The molecule has 0 aliphatic heterocycles. The molecule has 84 valence electrons. The minimum absolute atomic E-state index is 0.353. The highest BCUT2D eigenvalue weighted by atomic mass is 32.1. The third-order valence-corrected chi connectivity index (χ3v) is 3.27. The van der Waals surface area contributed by atoms with Crippen LogP contribution in [0.3, 0.4) is 0 Å². The Morgan fingerprint density at radius 2 is 2.19 bits per heavy atom. The third-order valence-electron chi connectivity index (χ3n) is 2.25. The van der Waals surface area contributed by atoms with Crippen molar-refractivity contribution in [1.29, 1.82) is 0 Å². The molecule has 0 amide bonds. The number of nitrogen functional groups attached to an aromatic ring is 1. The SMILES string of the molecule is Cc1cnc(N)c(C(O)c2nc(C)cs2)c1. The molecular formula is C11H13N3OS. The van der Waals surface area contributed by atoms with Crippen molar-refractivity contribution in [1.82, 2.24) is 9.97 Å². The summed E-state index contributed by atoms with van der Waals surface area (Å²) >= 11 is 1.42. The van der Waals surface area contributed by atoms with Gasteiger partial charge in [-0.2, -0.15) is 0 Å². The van der Waals surface area contributed by atoms with Gasteiger partial charge in [-0.3, -0.25) is 0 Å². The summed E-state index contributed by atoms with van der Waals surface area (Å²) in [6, 6.07) is 1.84. The molecule has 0 radical (unpaired) electrons.